The number of hydrogen-bond acceptors (Lipinski definition) is 3. The van der Waals surface area contributed by atoms with Crippen molar-refractivity contribution >= 4 is 80.4 Å². The fourth-order valence-electron chi connectivity index (χ4n) is 3.73. The summed E-state index contributed by atoms with van der Waals surface area (Å²) >= 11 is 24.3. The molecule has 3 aromatic carbocycles. The molecular formula is C26H22Cl4N4O. The molecule has 9 heteroatoms. The van der Waals surface area contributed by atoms with E-state index in [0.29, 0.717) is 52.0 Å². The second-order valence-electron chi connectivity index (χ2n) is 7.69. The van der Waals surface area contributed by atoms with Crippen molar-refractivity contribution in [1.29, 1.82) is 0 Å². The van der Waals surface area contributed by atoms with E-state index in [1.807, 2.05) is 54.6 Å². The quantitative estimate of drug-likeness (QED) is 0.219. The van der Waals surface area contributed by atoms with Gasteiger partial charge < -0.3 is 15.5 Å². The topological polar surface area (TPSA) is 57.3 Å². The lowest BCUT2D eigenvalue weighted by Gasteiger charge is -2.23. The standard InChI is InChI=1S/C26H22Cl4N4O/c27-11-13-34(14-12-28)19-8-6-18(7-9-19)31-26(35)33-25-16-24(20-10-5-17(29)15-22(20)30)32-23-4-2-1-3-21(23)25/h1-10,15-16H,11-14H2,(H2,31,32,33,35). The van der Waals surface area contributed by atoms with Crippen LogP contribution in [0.4, 0.5) is 21.9 Å². The Labute approximate surface area is 224 Å². The van der Waals surface area contributed by atoms with E-state index < -0.39 is 0 Å². The summed E-state index contributed by atoms with van der Waals surface area (Å²) < 4.78 is 0. The van der Waals surface area contributed by atoms with Crippen LogP contribution in [0.5, 0.6) is 0 Å². The van der Waals surface area contributed by atoms with Gasteiger partial charge in [-0.3, -0.25) is 0 Å². The second kappa shape index (κ2) is 11.8. The SMILES string of the molecule is O=C(Nc1ccc(N(CCCl)CCCl)cc1)Nc1cc(-c2ccc(Cl)cc2Cl)nc2ccccc12. The van der Waals surface area contributed by atoms with Crippen molar-refractivity contribution in [2.75, 3.05) is 40.4 Å². The minimum atomic E-state index is -0.374. The molecular weight excluding hydrogens is 526 g/mol. The lowest BCUT2D eigenvalue weighted by molar-refractivity contribution is 0.262. The molecule has 0 saturated heterocycles. The molecule has 4 rings (SSSR count). The molecule has 4 aromatic rings. The van der Waals surface area contributed by atoms with E-state index in [0.717, 1.165) is 22.2 Å². The predicted molar refractivity (Wildman–Crippen MR) is 150 cm³/mol. The first-order valence-corrected chi connectivity index (χ1v) is 12.7. The molecule has 2 N–H and O–H groups in total. The fourth-order valence-corrected chi connectivity index (χ4v) is 4.64. The smallest absolute Gasteiger partial charge is 0.323 e. The van der Waals surface area contributed by atoms with Crippen LogP contribution in [0.1, 0.15) is 0 Å². The van der Waals surface area contributed by atoms with Crippen molar-refractivity contribution in [3.63, 3.8) is 0 Å². The van der Waals surface area contributed by atoms with Crippen molar-refractivity contribution in [1.82, 2.24) is 4.98 Å². The van der Waals surface area contributed by atoms with Gasteiger partial charge in [-0.25, -0.2) is 9.78 Å². The van der Waals surface area contributed by atoms with Crippen LogP contribution in [0.25, 0.3) is 22.2 Å². The minimum absolute atomic E-state index is 0.374. The number of pyridine rings is 1. The number of aromatic nitrogens is 1. The number of para-hydroxylation sites is 1. The number of amides is 2. The third-order valence-electron chi connectivity index (χ3n) is 5.37. The van der Waals surface area contributed by atoms with Gasteiger partial charge in [0.05, 0.1) is 21.9 Å². The Bertz CT molecular complexity index is 1320. The molecule has 0 spiro atoms. The van der Waals surface area contributed by atoms with Gasteiger partial charge in [-0.15, -0.1) is 23.2 Å². The van der Waals surface area contributed by atoms with E-state index in [1.165, 1.54) is 0 Å². The zero-order chi connectivity index (χ0) is 24.8. The molecule has 0 saturated carbocycles. The number of hydrogen-bond donors (Lipinski definition) is 2. The number of halogens is 4. The molecule has 0 fully saturated rings. The highest BCUT2D eigenvalue weighted by Crippen LogP contribution is 2.33. The molecule has 0 radical (unpaired) electrons. The van der Waals surface area contributed by atoms with E-state index in [9.17, 15) is 4.79 Å². The van der Waals surface area contributed by atoms with Crippen molar-refractivity contribution in [2.45, 2.75) is 0 Å². The third kappa shape index (κ3) is 6.30. The summed E-state index contributed by atoms with van der Waals surface area (Å²) in [5, 5.41) is 7.65. The van der Waals surface area contributed by atoms with E-state index in [4.69, 9.17) is 51.4 Å². The monoisotopic (exact) mass is 546 g/mol. The maximum Gasteiger partial charge on any atom is 0.323 e. The van der Waals surface area contributed by atoms with Crippen LogP contribution < -0.4 is 15.5 Å². The Kier molecular flexibility index (Phi) is 8.58. The van der Waals surface area contributed by atoms with Crippen molar-refractivity contribution < 1.29 is 4.79 Å². The number of carbonyl (C=O) groups is 1. The average Bonchev–Trinajstić information content (AvgIpc) is 2.84. The van der Waals surface area contributed by atoms with E-state index in [-0.39, 0.29) is 6.03 Å². The largest absolute Gasteiger partial charge is 0.369 e. The van der Waals surface area contributed by atoms with Crippen LogP contribution >= 0.6 is 46.4 Å². The fraction of sp³-hybridized carbons (Fsp3) is 0.154. The Balaban J connectivity index is 1.56. The van der Waals surface area contributed by atoms with Crippen LogP contribution in [0, 0.1) is 0 Å². The van der Waals surface area contributed by atoms with E-state index in [1.54, 1.807) is 18.2 Å². The van der Waals surface area contributed by atoms with E-state index in [2.05, 4.69) is 15.5 Å². The van der Waals surface area contributed by atoms with Crippen molar-refractivity contribution in [2.24, 2.45) is 0 Å². The van der Waals surface area contributed by atoms with Crippen molar-refractivity contribution in [3.05, 3.63) is 82.8 Å². The molecule has 0 aliphatic heterocycles. The number of anilines is 3. The van der Waals surface area contributed by atoms with Crippen LogP contribution in [-0.4, -0.2) is 35.9 Å². The molecule has 0 unspecified atom stereocenters. The lowest BCUT2D eigenvalue weighted by Crippen LogP contribution is -2.27. The molecule has 0 atom stereocenters. The summed E-state index contributed by atoms with van der Waals surface area (Å²) in [6, 6.07) is 21.8. The van der Waals surface area contributed by atoms with Crippen LogP contribution in [0.2, 0.25) is 10.0 Å². The average molecular weight is 548 g/mol. The molecule has 1 heterocycles. The summed E-state index contributed by atoms with van der Waals surface area (Å²) in [5.74, 6) is 1.00. The van der Waals surface area contributed by atoms with Gasteiger partial charge in [-0.1, -0.05) is 41.4 Å². The van der Waals surface area contributed by atoms with Gasteiger partial charge in [0.25, 0.3) is 0 Å². The number of carbonyl (C=O) groups excluding carboxylic acids is 1. The normalized spacial score (nSPS) is 10.9. The third-order valence-corrected chi connectivity index (χ3v) is 6.26. The lowest BCUT2D eigenvalue weighted by atomic mass is 10.1. The molecule has 0 bridgehead atoms. The minimum Gasteiger partial charge on any atom is -0.369 e. The zero-order valence-corrected chi connectivity index (χ0v) is 21.6. The molecule has 2 amide bonds. The zero-order valence-electron chi connectivity index (χ0n) is 18.6. The number of alkyl halides is 2. The first kappa shape index (κ1) is 25.4. The van der Waals surface area contributed by atoms with Gasteiger partial charge in [0.1, 0.15) is 0 Å². The number of nitrogens with zero attached hydrogens (tertiary/aromatic N) is 2. The number of nitrogens with one attached hydrogen (secondary N) is 2. The van der Waals surface area contributed by atoms with Crippen LogP contribution in [-0.2, 0) is 0 Å². The van der Waals surface area contributed by atoms with Gasteiger partial charge >= 0.3 is 6.03 Å². The molecule has 1 aromatic heterocycles. The Hall–Kier alpha value is -2.70. The maximum absolute atomic E-state index is 12.9. The Morgan fingerprint density at radius 2 is 1.57 bits per heavy atom. The summed E-state index contributed by atoms with van der Waals surface area (Å²) in [6.07, 6.45) is 0. The summed E-state index contributed by atoms with van der Waals surface area (Å²) in [5.41, 5.74) is 4.34. The summed E-state index contributed by atoms with van der Waals surface area (Å²) in [6.45, 7) is 1.38. The first-order valence-electron chi connectivity index (χ1n) is 10.9. The molecule has 35 heavy (non-hydrogen) atoms. The molecule has 180 valence electrons. The molecule has 0 aliphatic carbocycles. The number of rotatable bonds is 8. The summed E-state index contributed by atoms with van der Waals surface area (Å²) in [4.78, 5) is 19.7. The predicted octanol–water partition coefficient (Wildman–Crippen LogP) is 8.14. The number of urea groups is 1. The van der Waals surface area contributed by atoms with Gasteiger partial charge in [0, 0.05) is 52.2 Å². The van der Waals surface area contributed by atoms with Crippen LogP contribution in [0.15, 0.2) is 72.8 Å². The molecule has 0 aliphatic rings. The number of benzene rings is 3. The summed E-state index contributed by atoms with van der Waals surface area (Å²) in [7, 11) is 0. The van der Waals surface area contributed by atoms with E-state index >= 15 is 0 Å². The molecule has 5 nitrogen and oxygen atoms in total. The highest BCUT2D eigenvalue weighted by atomic mass is 35.5. The highest BCUT2D eigenvalue weighted by molar-refractivity contribution is 6.36. The Morgan fingerprint density at radius 1 is 0.857 bits per heavy atom. The highest BCUT2D eigenvalue weighted by Gasteiger charge is 2.13. The van der Waals surface area contributed by atoms with Crippen molar-refractivity contribution in [3.8, 4) is 11.3 Å². The van der Waals surface area contributed by atoms with Gasteiger partial charge in [-0.05, 0) is 54.6 Å². The number of fused-ring (bicyclic) bond motifs is 1. The van der Waals surface area contributed by atoms with Gasteiger partial charge in [0.2, 0.25) is 0 Å². The van der Waals surface area contributed by atoms with Gasteiger partial charge in [0.15, 0.2) is 0 Å². The van der Waals surface area contributed by atoms with Gasteiger partial charge in [-0.2, -0.15) is 0 Å². The first-order chi connectivity index (χ1) is 17.0. The second-order valence-corrected chi connectivity index (χ2v) is 9.29. The maximum atomic E-state index is 12.9. The van der Waals surface area contributed by atoms with Crippen LogP contribution in [0.3, 0.4) is 0 Å². The Morgan fingerprint density at radius 3 is 2.26 bits per heavy atom.